The Morgan fingerprint density at radius 1 is 1.11 bits per heavy atom. The van der Waals surface area contributed by atoms with Crippen molar-refractivity contribution in [2.24, 2.45) is 5.73 Å². The predicted octanol–water partition coefficient (Wildman–Crippen LogP) is 4.32. The first-order valence-electron chi connectivity index (χ1n) is 12.7. The number of anilines is 1. The fourth-order valence-electron chi connectivity index (χ4n) is 5.03. The zero-order valence-electron chi connectivity index (χ0n) is 21.6. The Morgan fingerprint density at radius 2 is 1.81 bits per heavy atom. The van der Waals surface area contributed by atoms with Crippen molar-refractivity contribution in [2.45, 2.75) is 52.1 Å². The topological polar surface area (TPSA) is 114 Å². The van der Waals surface area contributed by atoms with Crippen LogP contribution in [0.5, 0.6) is 5.75 Å². The van der Waals surface area contributed by atoms with Crippen LogP contribution in [0.15, 0.2) is 54.6 Å². The molecule has 0 saturated carbocycles. The number of carbonyl (C=O) groups excluding carboxylic acids is 2. The Balaban J connectivity index is 1.60. The lowest BCUT2D eigenvalue weighted by molar-refractivity contribution is -0.123. The van der Waals surface area contributed by atoms with Gasteiger partial charge in [0.15, 0.2) is 0 Å². The SMILES string of the molecule is CCOC(=O)c1cc(Cc2ccccc2)cc2c1NCC[C@H]2NC(=O)[C@@H](N)Cc1c(C)cc(O)cc1C. The van der Waals surface area contributed by atoms with Gasteiger partial charge in [0, 0.05) is 6.54 Å². The van der Waals surface area contributed by atoms with E-state index in [-0.39, 0.29) is 30.3 Å². The highest BCUT2D eigenvalue weighted by molar-refractivity contribution is 5.97. The molecule has 37 heavy (non-hydrogen) atoms. The van der Waals surface area contributed by atoms with Crippen LogP contribution in [0.3, 0.4) is 0 Å². The number of hydrogen-bond acceptors (Lipinski definition) is 6. The van der Waals surface area contributed by atoms with Crippen LogP contribution < -0.4 is 16.4 Å². The van der Waals surface area contributed by atoms with Gasteiger partial charge in [-0.05, 0) is 91.6 Å². The molecule has 3 aromatic rings. The number of phenols is 1. The van der Waals surface area contributed by atoms with Gasteiger partial charge >= 0.3 is 5.97 Å². The van der Waals surface area contributed by atoms with Crippen LogP contribution >= 0.6 is 0 Å². The third kappa shape index (κ3) is 6.12. The molecule has 0 aromatic heterocycles. The minimum atomic E-state index is -0.752. The quantitative estimate of drug-likeness (QED) is 0.342. The van der Waals surface area contributed by atoms with E-state index < -0.39 is 6.04 Å². The number of ether oxygens (including phenoxy) is 1. The zero-order chi connectivity index (χ0) is 26.5. The molecule has 0 fully saturated rings. The molecule has 0 spiro atoms. The molecule has 0 radical (unpaired) electrons. The van der Waals surface area contributed by atoms with E-state index in [1.807, 2.05) is 50.2 Å². The van der Waals surface area contributed by atoms with Crippen molar-refractivity contribution >= 4 is 17.6 Å². The molecule has 194 valence electrons. The van der Waals surface area contributed by atoms with Gasteiger partial charge < -0.3 is 26.2 Å². The fourth-order valence-corrected chi connectivity index (χ4v) is 5.03. The first kappa shape index (κ1) is 26.2. The number of nitrogens with one attached hydrogen (secondary N) is 2. The van der Waals surface area contributed by atoms with E-state index in [0.717, 1.165) is 33.4 Å². The normalized spacial score (nSPS) is 15.3. The Morgan fingerprint density at radius 3 is 2.49 bits per heavy atom. The lowest BCUT2D eigenvalue weighted by Crippen LogP contribution is -2.45. The summed E-state index contributed by atoms with van der Waals surface area (Å²) in [6, 6.07) is 16.3. The number of rotatable bonds is 8. The van der Waals surface area contributed by atoms with E-state index in [9.17, 15) is 14.7 Å². The van der Waals surface area contributed by atoms with E-state index >= 15 is 0 Å². The summed E-state index contributed by atoms with van der Waals surface area (Å²) in [7, 11) is 0. The molecule has 1 aliphatic heterocycles. The van der Waals surface area contributed by atoms with Crippen molar-refractivity contribution in [1.29, 1.82) is 0 Å². The average molecular weight is 502 g/mol. The molecule has 1 heterocycles. The number of aromatic hydroxyl groups is 1. The Hall–Kier alpha value is -3.84. The van der Waals surface area contributed by atoms with Gasteiger partial charge in [-0.15, -0.1) is 0 Å². The van der Waals surface area contributed by atoms with Crippen molar-refractivity contribution in [3.05, 3.63) is 93.5 Å². The van der Waals surface area contributed by atoms with Gasteiger partial charge in [0.2, 0.25) is 5.91 Å². The van der Waals surface area contributed by atoms with Crippen LogP contribution in [-0.4, -0.2) is 36.2 Å². The summed E-state index contributed by atoms with van der Waals surface area (Å²) in [5, 5.41) is 16.3. The lowest BCUT2D eigenvalue weighted by atomic mass is 9.90. The first-order chi connectivity index (χ1) is 17.8. The van der Waals surface area contributed by atoms with Gasteiger partial charge in [-0.3, -0.25) is 4.79 Å². The largest absolute Gasteiger partial charge is 0.508 e. The molecule has 1 aliphatic rings. The van der Waals surface area contributed by atoms with Crippen LogP contribution in [-0.2, 0) is 22.4 Å². The predicted molar refractivity (Wildman–Crippen MR) is 145 cm³/mol. The summed E-state index contributed by atoms with van der Waals surface area (Å²) < 4.78 is 5.35. The maximum atomic E-state index is 13.2. The van der Waals surface area contributed by atoms with Gasteiger partial charge in [-0.2, -0.15) is 0 Å². The van der Waals surface area contributed by atoms with E-state index in [0.29, 0.717) is 37.1 Å². The molecular formula is C30H35N3O4. The molecule has 4 rings (SSSR count). The van der Waals surface area contributed by atoms with E-state index in [2.05, 4.69) is 16.7 Å². The summed E-state index contributed by atoms with van der Waals surface area (Å²) >= 11 is 0. The van der Waals surface area contributed by atoms with Gasteiger partial charge in [-0.1, -0.05) is 36.4 Å². The van der Waals surface area contributed by atoms with Crippen molar-refractivity contribution in [2.75, 3.05) is 18.5 Å². The average Bonchev–Trinajstić information content (AvgIpc) is 2.86. The Labute approximate surface area is 218 Å². The maximum absolute atomic E-state index is 13.2. The third-order valence-corrected chi connectivity index (χ3v) is 6.84. The number of amides is 1. The molecule has 0 saturated heterocycles. The summed E-state index contributed by atoms with van der Waals surface area (Å²) in [6.07, 6.45) is 1.68. The number of nitrogens with two attached hydrogens (primary N) is 1. The number of phenolic OH excluding ortho intramolecular Hbond substituents is 1. The lowest BCUT2D eigenvalue weighted by Gasteiger charge is -2.30. The molecule has 0 aliphatic carbocycles. The highest BCUT2D eigenvalue weighted by atomic mass is 16.5. The molecular weight excluding hydrogens is 466 g/mol. The smallest absolute Gasteiger partial charge is 0.340 e. The summed E-state index contributed by atoms with van der Waals surface area (Å²) in [6.45, 7) is 6.48. The van der Waals surface area contributed by atoms with Gasteiger partial charge in [0.1, 0.15) is 5.75 Å². The number of hydrogen-bond donors (Lipinski definition) is 4. The molecule has 0 unspecified atom stereocenters. The standard InChI is InChI=1S/C30H35N3O4/c1-4-37-30(36)25-16-21(14-20-8-6-5-7-9-20)15-24-27(10-11-32-28(24)25)33-29(35)26(31)17-23-18(2)12-22(34)13-19(23)3/h5-9,12-13,15-16,26-27,32,34H,4,10-11,14,17,31H2,1-3H3,(H,33,35)/t26-,27+/m0/s1. The van der Waals surface area contributed by atoms with Gasteiger partial charge in [0.25, 0.3) is 0 Å². The van der Waals surface area contributed by atoms with Crippen LogP contribution in [0.1, 0.15) is 63.1 Å². The highest BCUT2D eigenvalue weighted by Gasteiger charge is 2.29. The second kappa shape index (κ2) is 11.5. The number of aryl methyl sites for hydroxylation is 2. The van der Waals surface area contributed by atoms with Crippen LogP contribution in [0.25, 0.3) is 0 Å². The number of carbonyl (C=O) groups is 2. The Bertz CT molecular complexity index is 1270. The molecule has 0 bridgehead atoms. The van der Waals surface area contributed by atoms with Crippen molar-refractivity contribution in [1.82, 2.24) is 5.32 Å². The Kier molecular flexibility index (Phi) is 8.14. The van der Waals surface area contributed by atoms with Crippen molar-refractivity contribution in [3.63, 3.8) is 0 Å². The van der Waals surface area contributed by atoms with Gasteiger partial charge in [-0.25, -0.2) is 4.79 Å². The minimum Gasteiger partial charge on any atom is -0.508 e. The van der Waals surface area contributed by atoms with E-state index in [1.54, 1.807) is 19.1 Å². The summed E-state index contributed by atoms with van der Waals surface area (Å²) in [4.78, 5) is 26.1. The van der Waals surface area contributed by atoms with Crippen LogP contribution in [0, 0.1) is 13.8 Å². The summed E-state index contributed by atoms with van der Waals surface area (Å²) in [5.74, 6) is -0.439. The highest BCUT2D eigenvalue weighted by Crippen LogP contribution is 2.35. The molecule has 7 nitrogen and oxygen atoms in total. The molecule has 7 heteroatoms. The number of benzene rings is 3. The summed E-state index contributed by atoms with van der Waals surface area (Å²) in [5.41, 5.74) is 13.2. The zero-order valence-corrected chi connectivity index (χ0v) is 21.6. The second-order valence-electron chi connectivity index (χ2n) is 9.64. The van der Waals surface area contributed by atoms with Crippen molar-refractivity contribution in [3.8, 4) is 5.75 Å². The monoisotopic (exact) mass is 501 g/mol. The maximum Gasteiger partial charge on any atom is 0.340 e. The molecule has 3 aromatic carbocycles. The number of fused-ring (bicyclic) bond motifs is 1. The van der Waals surface area contributed by atoms with Crippen LogP contribution in [0.4, 0.5) is 5.69 Å². The second-order valence-corrected chi connectivity index (χ2v) is 9.64. The molecule has 1 amide bonds. The van der Waals surface area contributed by atoms with Crippen LogP contribution in [0.2, 0.25) is 0 Å². The molecule has 2 atom stereocenters. The van der Waals surface area contributed by atoms with E-state index in [4.69, 9.17) is 10.5 Å². The first-order valence-corrected chi connectivity index (χ1v) is 12.7. The fraction of sp³-hybridized carbons (Fsp3) is 0.333. The third-order valence-electron chi connectivity index (χ3n) is 6.84. The molecule has 5 N–H and O–H groups in total. The van der Waals surface area contributed by atoms with E-state index in [1.165, 1.54) is 0 Å². The minimum absolute atomic E-state index is 0.201. The van der Waals surface area contributed by atoms with Crippen molar-refractivity contribution < 1.29 is 19.4 Å². The van der Waals surface area contributed by atoms with Gasteiger partial charge in [0.05, 0.1) is 29.9 Å². The number of esters is 1.